The first-order valence-electron chi connectivity index (χ1n) is 5.35. The average Bonchev–Trinajstić information content (AvgIpc) is 2.67. The molecule has 0 aromatic rings. The van der Waals surface area contributed by atoms with Gasteiger partial charge in [-0.2, -0.15) is 0 Å². The molecule has 5 nitrogen and oxygen atoms in total. The molecule has 0 saturated carbocycles. The maximum atomic E-state index is 11.4. The first-order chi connectivity index (χ1) is 7.11. The van der Waals surface area contributed by atoms with Crippen molar-refractivity contribution in [2.45, 2.75) is 24.9 Å². The zero-order valence-electron chi connectivity index (χ0n) is 8.66. The molecule has 2 aliphatic heterocycles. The maximum absolute atomic E-state index is 11.4. The van der Waals surface area contributed by atoms with Crippen LogP contribution in [0, 0.1) is 5.41 Å². The van der Waals surface area contributed by atoms with Gasteiger partial charge in [0.1, 0.15) is 11.0 Å². The minimum atomic E-state index is -1.18. The Labute approximate surface area is 88.4 Å². The Kier molecular flexibility index (Phi) is 2.70. The van der Waals surface area contributed by atoms with Crippen molar-refractivity contribution in [3.05, 3.63) is 0 Å². The van der Waals surface area contributed by atoms with Gasteiger partial charge in [0.05, 0.1) is 6.61 Å². The van der Waals surface area contributed by atoms with Crippen LogP contribution in [0.4, 0.5) is 0 Å². The monoisotopic (exact) mass is 215 g/mol. The molecule has 0 aromatic carbocycles. The van der Waals surface area contributed by atoms with E-state index in [-0.39, 0.29) is 6.61 Å². The lowest BCUT2D eigenvalue weighted by Gasteiger charge is -2.43. The summed E-state index contributed by atoms with van der Waals surface area (Å²) in [4.78, 5) is 11.4. The van der Waals surface area contributed by atoms with Crippen LogP contribution >= 0.6 is 0 Å². The fourth-order valence-electron chi connectivity index (χ4n) is 2.66. The van der Waals surface area contributed by atoms with Crippen molar-refractivity contribution in [2.24, 2.45) is 5.41 Å². The van der Waals surface area contributed by atoms with Gasteiger partial charge >= 0.3 is 5.97 Å². The van der Waals surface area contributed by atoms with E-state index in [2.05, 4.69) is 5.32 Å². The van der Waals surface area contributed by atoms with Crippen molar-refractivity contribution in [1.82, 2.24) is 5.32 Å². The van der Waals surface area contributed by atoms with E-state index in [0.29, 0.717) is 39.0 Å². The molecule has 0 aliphatic carbocycles. The molecule has 2 saturated heterocycles. The van der Waals surface area contributed by atoms with Gasteiger partial charge in [0, 0.05) is 13.0 Å². The number of rotatable bonds is 2. The number of carboxylic acids is 1. The molecule has 0 spiro atoms. The van der Waals surface area contributed by atoms with Gasteiger partial charge in [-0.1, -0.05) is 0 Å². The van der Waals surface area contributed by atoms with Crippen molar-refractivity contribution in [2.75, 3.05) is 26.3 Å². The minimum Gasteiger partial charge on any atom is -0.481 e. The number of hydrogen-bond donors (Lipinski definition) is 3. The fourth-order valence-corrected chi connectivity index (χ4v) is 2.66. The third-order valence-corrected chi connectivity index (χ3v) is 3.76. The predicted octanol–water partition coefficient (Wildman–Crippen LogP) is -0.408. The number of carbonyl (C=O) groups is 1. The minimum absolute atomic E-state index is 0.152. The molecule has 2 fully saturated rings. The molecule has 0 amide bonds. The second-order valence-electron chi connectivity index (χ2n) is 4.47. The van der Waals surface area contributed by atoms with Crippen molar-refractivity contribution in [1.29, 1.82) is 0 Å². The van der Waals surface area contributed by atoms with E-state index in [9.17, 15) is 15.0 Å². The van der Waals surface area contributed by atoms with Crippen LogP contribution in [0.2, 0.25) is 0 Å². The number of piperidine rings is 1. The molecule has 0 aromatic heterocycles. The molecule has 15 heavy (non-hydrogen) atoms. The van der Waals surface area contributed by atoms with Gasteiger partial charge in [0.15, 0.2) is 0 Å². The molecule has 3 N–H and O–H groups in total. The summed E-state index contributed by atoms with van der Waals surface area (Å²) >= 11 is 0. The van der Waals surface area contributed by atoms with Crippen molar-refractivity contribution < 1.29 is 19.7 Å². The smallest absolute Gasteiger partial charge is 0.312 e. The van der Waals surface area contributed by atoms with Gasteiger partial charge in [0.2, 0.25) is 0 Å². The molecule has 5 heteroatoms. The number of aliphatic carboxylic acids is 1. The average molecular weight is 215 g/mol. The summed E-state index contributed by atoms with van der Waals surface area (Å²) in [5, 5.41) is 22.9. The van der Waals surface area contributed by atoms with E-state index in [1.807, 2.05) is 0 Å². The van der Waals surface area contributed by atoms with Gasteiger partial charge in [0.25, 0.3) is 0 Å². The van der Waals surface area contributed by atoms with E-state index >= 15 is 0 Å². The van der Waals surface area contributed by atoms with Crippen LogP contribution in [-0.4, -0.2) is 48.1 Å². The molecule has 0 radical (unpaired) electrons. The SMILES string of the molecule is O=C(O)C1(C2(O)CCOC2)CCNCC1. The number of aliphatic hydroxyl groups is 1. The van der Waals surface area contributed by atoms with Crippen molar-refractivity contribution in [3.63, 3.8) is 0 Å². The Balaban J connectivity index is 2.28. The second kappa shape index (κ2) is 3.73. The Bertz CT molecular complexity index is 254. The van der Waals surface area contributed by atoms with E-state index in [1.54, 1.807) is 0 Å². The van der Waals surface area contributed by atoms with Gasteiger partial charge in [-0.15, -0.1) is 0 Å². The molecular formula is C10H17NO4. The van der Waals surface area contributed by atoms with Gasteiger partial charge < -0.3 is 20.3 Å². The van der Waals surface area contributed by atoms with Crippen LogP contribution in [-0.2, 0) is 9.53 Å². The van der Waals surface area contributed by atoms with Crippen molar-refractivity contribution in [3.8, 4) is 0 Å². The first-order valence-corrected chi connectivity index (χ1v) is 5.35. The highest BCUT2D eigenvalue weighted by atomic mass is 16.5. The highest BCUT2D eigenvalue weighted by Gasteiger charge is 2.57. The second-order valence-corrected chi connectivity index (χ2v) is 4.47. The lowest BCUT2D eigenvalue weighted by Crippen LogP contribution is -2.58. The molecule has 2 aliphatic rings. The van der Waals surface area contributed by atoms with Crippen LogP contribution in [0.3, 0.4) is 0 Å². The predicted molar refractivity (Wildman–Crippen MR) is 52.6 cm³/mol. The summed E-state index contributed by atoms with van der Waals surface area (Å²) in [7, 11) is 0. The van der Waals surface area contributed by atoms with E-state index < -0.39 is 17.0 Å². The molecular weight excluding hydrogens is 198 g/mol. The zero-order chi connectivity index (χ0) is 10.9. The standard InChI is InChI=1S/C10H17NO4/c12-8(13)9(1-4-11-5-2-9)10(14)3-6-15-7-10/h11,14H,1-7H2,(H,12,13). The van der Waals surface area contributed by atoms with Crippen LogP contribution in [0.5, 0.6) is 0 Å². The van der Waals surface area contributed by atoms with Crippen LogP contribution < -0.4 is 5.32 Å². The molecule has 2 rings (SSSR count). The Morgan fingerprint density at radius 2 is 1.93 bits per heavy atom. The summed E-state index contributed by atoms with van der Waals surface area (Å²) in [5.74, 6) is -0.892. The van der Waals surface area contributed by atoms with Gasteiger partial charge in [-0.05, 0) is 25.9 Å². The molecule has 1 atom stereocenters. The summed E-state index contributed by atoms with van der Waals surface area (Å²) in [5.41, 5.74) is -2.20. The van der Waals surface area contributed by atoms with E-state index in [4.69, 9.17) is 4.74 Å². The number of nitrogens with one attached hydrogen (secondary N) is 1. The normalized spacial score (nSPS) is 35.3. The topological polar surface area (TPSA) is 78.8 Å². The lowest BCUT2D eigenvalue weighted by molar-refractivity contribution is -0.174. The fraction of sp³-hybridized carbons (Fsp3) is 0.900. The zero-order valence-corrected chi connectivity index (χ0v) is 8.66. The quantitative estimate of drug-likeness (QED) is 0.583. The van der Waals surface area contributed by atoms with E-state index in [1.165, 1.54) is 0 Å². The highest BCUT2D eigenvalue weighted by molar-refractivity contribution is 5.76. The van der Waals surface area contributed by atoms with Gasteiger partial charge in [-0.25, -0.2) is 0 Å². The third-order valence-electron chi connectivity index (χ3n) is 3.76. The van der Waals surface area contributed by atoms with E-state index in [0.717, 1.165) is 0 Å². The number of ether oxygens (including phenoxy) is 1. The van der Waals surface area contributed by atoms with Crippen LogP contribution in [0.1, 0.15) is 19.3 Å². The molecule has 1 unspecified atom stereocenters. The van der Waals surface area contributed by atoms with Crippen molar-refractivity contribution >= 4 is 5.97 Å². The lowest BCUT2D eigenvalue weighted by atomic mass is 9.65. The third kappa shape index (κ3) is 1.55. The Morgan fingerprint density at radius 3 is 2.40 bits per heavy atom. The molecule has 86 valence electrons. The van der Waals surface area contributed by atoms with Crippen LogP contribution in [0.25, 0.3) is 0 Å². The summed E-state index contributed by atoms with van der Waals surface area (Å²) in [6, 6.07) is 0. The molecule has 0 bridgehead atoms. The summed E-state index contributed by atoms with van der Waals surface area (Å²) < 4.78 is 5.15. The summed E-state index contributed by atoms with van der Waals surface area (Å²) in [6.45, 7) is 1.90. The number of hydrogen-bond acceptors (Lipinski definition) is 4. The molecule has 2 heterocycles. The van der Waals surface area contributed by atoms with Gasteiger partial charge in [-0.3, -0.25) is 4.79 Å². The summed E-state index contributed by atoms with van der Waals surface area (Å²) in [6.07, 6.45) is 1.38. The Morgan fingerprint density at radius 1 is 1.27 bits per heavy atom. The highest BCUT2D eigenvalue weighted by Crippen LogP contribution is 2.44. The van der Waals surface area contributed by atoms with Crippen LogP contribution in [0.15, 0.2) is 0 Å². The largest absolute Gasteiger partial charge is 0.481 e. The Hall–Kier alpha value is -0.650. The first kappa shape index (κ1) is 10.9. The maximum Gasteiger partial charge on any atom is 0.312 e. The number of carboxylic acid groups (broad SMARTS) is 1.